The van der Waals surface area contributed by atoms with Crippen LogP contribution in [0.2, 0.25) is 0 Å². The molecule has 3 heterocycles. The number of nitrogens with zero attached hydrogens (tertiary/aromatic N) is 1. The number of likely N-dealkylation sites (N-methyl/N-ethyl adjacent to an activating group) is 1. The number of unbranched alkanes of at least 4 members (excludes halogenated alkanes) is 1. The van der Waals surface area contributed by atoms with Crippen molar-refractivity contribution < 1.29 is 17.9 Å². The van der Waals surface area contributed by atoms with E-state index in [1.54, 1.807) is 13.0 Å². The molecule has 0 spiro atoms. The van der Waals surface area contributed by atoms with Crippen molar-refractivity contribution >= 4 is 0 Å². The fourth-order valence-corrected chi connectivity index (χ4v) is 6.22. The highest BCUT2D eigenvalue weighted by Gasteiger charge is 2.57. The van der Waals surface area contributed by atoms with E-state index in [9.17, 15) is 13.2 Å². The van der Waals surface area contributed by atoms with E-state index in [1.807, 2.05) is 26.1 Å². The maximum absolute atomic E-state index is 13.0. The summed E-state index contributed by atoms with van der Waals surface area (Å²) in [6, 6.07) is -0.458. The standard InChI is InChI=1S/C34H57F3N6O/c1-9-12-14-25(11-3)40-21-29(31(39-8)43-18-17-33(6,7)30-32(43)44-30)41-23(5)27-15-16-28(42-27)24(13-10-2)19-26(38)22(4)20-34(35,36)37/h10,13,15,19,21-22,25-26,28,30-32,39-42H,5,9,11-12,14,16-18,20,38H2,1-4,6-8H3/b13-10-,24-19+,29-21+. The molecule has 0 aromatic rings. The number of fused-ring (bicyclic) bond motifs is 1. The molecule has 7 unspecified atom stereocenters. The van der Waals surface area contributed by atoms with E-state index >= 15 is 0 Å². The van der Waals surface area contributed by atoms with Crippen molar-refractivity contribution in [3.63, 3.8) is 0 Å². The zero-order valence-electron chi connectivity index (χ0n) is 27.9. The van der Waals surface area contributed by atoms with Crippen LogP contribution in [0.4, 0.5) is 13.2 Å². The molecule has 3 rings (SSSR count). The third-order valence-corrected chi connectivity index (χ3v) is 9.22. The van der Waals surface area contributed by atoms with E-state index < -0.39 is 24.6 Å². The first-order valence-corrected chi connectivity index (χ1v) is 16.4. The maximum atomic E-state index is 13.0. The quantitative estimate of drug-likeness (QED) is 0.0982. The second-order valence-electron chi connectivity index (χ2n) is 13.3. The molecule has 44 heavy (non-hydrogen) atoms. The normalized spacial score (nSPS) is 26.8. The SMILES string of the molecule is C=C(N/C(=C/NC(CC)CCCC)C(NC)N1CCC(C)(C)C2OC21)C1=CCC(C(/C=C\C)=C/C(N)C(C)CC(F)(F)F)N1. The van der Waals surface area contributed by atoms with Crippen LogP contribution in [0.5, 0.6) is 0 Å². The number of nitrogens with one attached hydrogen (secondary N) is 4. The Labute approximate surface area is 263 Å². The molecule has 6 N–H and O–H groups in total. The van der Waals surface area contributed by atoms with Gasteiger partial charge in [0.05, 0.1) is 23.1 Å². The Bertz CT molecular complexity index is 1080. The lowest BCUT2D eigenvalue weighted by atomic mass is 9.82. The maximum Gasteiger partial charge on any atom is 0.389 e. The minimum atomic E-state index is -4.25. The number of nitrogens with two attached hydrogens (primary N) is 1. The van der Waals surface area contributed by atoms with Crippen molar-refractivity contribution in [1.82, 2.24) is 26.2 Å². The highest BCUT2D eigenvalue weighted by Crippen LogP contribution is 2.47. The Morgan fingerprint density at radius 1 is 1.32 bits per heavy atom. The van der Waals surface area contributed by atoms with E-state index in [0.29, 0.717) is 12.5 Å². The van der Waals surface area contributed by atoms with Crippen LogP contribution >= 0.6 is 0 Å². The van der Waals surface area contributed by atoms with E-state index in [1.165, 1.54) is 6.42 Å². The van der Waals surface area contributed by atoms with Gasteiger partial charge < -0.3 is 26.4 Å². The first-order valence-electron chi connectivity index (χ1n) is 16.4. The van der Waals surface area contributed by atoms with Gasteiger partial charge in [-0.1, -0.05) is 78.3 Å². The zero-order valence-corrected chi connectivity index (χ0v) is 27.9. The van der Waals surface area contributed by atoms with Gasteiger partial charge in [-0.2, -0.15) is 13.2 Å². The Morgan fingerprint density at radius 2 is 2.05 bits per heavy atom. The summed E-state index contributed by atoms with van der Waals surface area (Å²) in [6.07, 6.45) is 10.9. The molecule has 0 aliphatic carbocycles. The van der Waals surface area contributed by atoms with Crippen molar-refractivity contribution in [3.05, 3.63) is 59.7 Å². The highest BCUT2D eigenvalue weighted by atomic mass is 19.4. The van der Waals surface area contributed by atoms with Crippen molar-refractivity contribution in [1.29, 1.82) is 0 Å². The first kappa shape index (κ1) is 36.2. The van der Waals surface area contributed by atoms with Crippen LogP contribution in [0.3, 0.4) is 0 Å². The van der Waals surface area contributed by atoms with Crippen molar-refractivity contribution in [3.8, 4) is 0 Å². The highest BCUT2D eigenvalue weighted by molar-refractivity contribution is 5.39. The van der Waals surface area contributed by atoms with Crippen molar-refractivity contribution in [2.75, 3.05) is 13.6 Å². The van der Waals surface area contributed by atoms with Crippen molar-refractivity contribution in [2.45, 2.75) is 129 Å². The summed E-state index contributed by atoms with van der Waals surface area (Å²) < 4.78 is 45.1. The third-order valence-electron chi connectivity index (χ3n) is 9.22. The molecule has 0 radical (unpaired) electrons. The number of halogens is 3. The monoisotopic (exact) mass is 622 g/mol. The average molecular weight is 623 g/mol. The van der Waals surface area contributed by atoms with Crippen LogP contribution in [-0.2, 0) is 4.74 Å². The summed E-state index contributed by atoms with van der Waals surface area (Å²) in [4.78, 5) is 2.38. The molecule has 250 valence electrons. The van der Waals surface area contributed by atoms with E-state index in [4.69, 9.17) is 10.5 Å². The van der Waals surface area contributed by atoms with E-state index in [2.05, 4.69) is 72.7 Å². The number of likely N-dealkylation sites (tertiary alicyclic amines) is 1. The van der Waals surface area contributed by atoms with Crippen LogP contribution in [0.25, 0.3) is 0 Å². The van der Waals surface area contributed by atoms with Gasteiger partial charge in [0.25, 0.3) is 0 Å². The predicted octanol–water partition coefficient (Wildman–Crippen LogP) is 6.16. The Balaban J connectivity index is 1.76. The molecule has 3 aliphatic heterocycles. The third kappa shape index (κ3) is 9.86. The van der Waals surface area contributed by atoms with Gasteiger partial charge in [0.1, 0.15) is 18.5 Å². The molecule has 7 nitrogen and oxygen atoms in total. The molecule has 2 fully saturated rings. The van der Waals surface area contributed by atoms with Gasteiger partial charge in [-0.3, -0.25) is 10.2 Å². The largest absolute Gasteiger partial charge is 0.389 e. The summed E-state index contributed by atoms with van der Waals surface area (Å²) in [6.45, 7) is 17.7. The molecule has 10 heteroatoms. The van der Waals surface area contributed by atoms with E-state index in [0.717, 1.165) is 54.9 Å². The smallest absolute Gasteiger partial charge is 0.387 e. The molecule has 0 aromatic carbocycles. The summed E-state index contributed by atoms with van der Waals surface area (Å²) in [5.41, 5.74) is 9.78. The number of piperidine rings is 1. The molecule has 0 saturated carbocycles. The lowest BCUT2D eigenvalue weighted by molar-refractivity contribution is -0.143. The number of rotatable bonds is 17. The minimum Gasteiger partial charge on any atom is -0.387 e. The lowest BCUT2D eigenvalue weighted by Gasteiger charge is -2.39. The summed E-state index contributed by atoms with van der Waals surface area (Å²) in [5.74, 6) is -0.723. The number of hydrogen-bond donors (Lipinski definition) is 5. The number of allylic oxidation sites excluding steroid dienone is 1. The Kier molecular flexibility index (Phi) is 13.0. The Hall–Kier alpha value is -2.27. The van der Waals surface area contributed by atoms with E-state index in [-0.39, 0.29) is 30.0 Å². The van der Waals surface area contributed by atoms with Crippen molar-refractivity contribution in [2.24, 2.45) is 17.1 Å². The molecule has 0 aromatic heterocycles. The molecule has 7 atom stereocenters. The van der Waals surface area contributed by atoms with Gasteiger partial charge >= 0.3 is 6.18 Å². The van der Waals surface area contributed by atoms with Gasteiger partial charge in [-0.15, -0.1) is 0 Å². The minimum absolute atomic E-state index is 0.0717. The fraction of sp³-hybridized carbons (Fsp3) is 0.706. The number of alkyl halides is 3. The van der Waals surface area contributed by atoms with Crippen LogP contribution < -0.4 is 27.0 Å². The molecule has 0 amide bonds. The number of hydrogen-bond acceptors (Lipinski definition) is 7. The van der Waals surface area contributed by atoms with Gasteiger partial charge in [0.2, 0.25) is 0 Å². The topological polar surface area (TPSA) is 89.9 Å². The molecule has 0 bridgehead atoms. The average Bonchev–Trinajstić information content (AvgIpc) is 3.63. The molecular formula is C34H57F3N6O. The zero-order chi connectivity index (χ0) is 32.7. The summed E-state index contributed by atoms with van der Waals surface area (Å²) in [7, 11) is 1.97. The number of ether oxygens (including phenoxy) is 1. The second kappa shape index (κ2) is 15.8. The van der Waals surface area contributed by atoms with Gasteiger partial charge in [-0.05, 0) is 56.6 Å². The summed E-state index contributed by atoms with van der Waals surface area (Å²) in [5, 5.41) is 14.3. The van der Waals surface area contributed by atoms with Gasteiger partial charge in [-0.25, -0.2) is 0 Å². The molecule has 3 aliphatic rings. The van der Waals surface area contributed by atoms with Crippen LogP contribution in [0.1, 0.15) is 86.5 Å². The Morgan fingerprint density at radius 3 is 2.66 bits per heavy atom. The predicted molar refractivity (Wildman–Crippen MR) is 174 cm³/mol. The lowest BCUT2D eigenvalue weighted by Crippen LogP contribution is -2.54. The second-order valence-corrected chi connectivity index (χ2v) is 13.3. The van der Waals surface area contributed by atoms with Crippen LogP contribution in [0, 0.1) is 11.3 Å². The molecule has 2 saturated heterocycles. The van der Waals surface area contributed by atoms with Crippen LogP contribution in [0.15, 0.2) is 59.7 Å². The first-order chi connectivity index (χ1) is 20.7. The molecular weight excluding hydrogens is 565 g/mol. The van der Waals surface area contributed by atoms with Gasteiger partial charge in [0.15, 0.2) is 0 Å². The number of epoxide rings is 1. The summed E-state index contributed by atoms with van der Waals surface area (Å²) >= 11 is 0. The van der Waals surface area contributed by atoms with Gasteiger partial charge in [0, 0.05) is 31.2 Å². The van der Waals surface area contributed by atoms with Crippen LogP contribution in [-0.4, -0.2) is 61.3 Å². The fourth-order valence-electron chi connectivity index (χ4n) is 6.22.